The van der Waals surface area contributed by atoms with Gasteiger partial charge in [0.25, 0.3) is 5.69 Å². The highest BCUT2D eigenvalue weighted by atomic mass is 35.5. The lowest BCUT2D eigenvalue weighted by Crippen LogP contribution is -2.05. The van der Waals surface area contributed by atoms with Gasteiger partial charge in [0.05, 0.1) is 9.95 Å². The van der Waals surface area contributed by atoms with Crippen molar-refractivity contribution in [2.75, 3.05) is 0 Å². The molecule has 3 rings (SSSR count). The summed E-state index contributed by atoms with van der Waals surface area (Å²) < 4.78 is 5.96. The molecule has 0 fully saturated rings. The number of nitro groups is 1. The zero-order valence-corrected chi connectivity index (χ0v) is 14.1. The smallest absolute Gasteiger partial charge is 0.274 e. The molecule has 1 aliphatic rings. The van der Waals surface area contributed by atoms with E-state index < -0.39 is 4.92 Å². The Kier molecular flexibility index (Phi) is 4.46. The van der Waals surface area contributed by atoms with Gasteiger partial charge in [-0.2, -0.15) is 0 Å². The molecule has 0 N–H and O–H groups in total. The number of halogens is 2. The van der Waals surface area contributed by atoms with Gasteiger partial charge in [0, 0.05) is 16.7 Å². The van der Waals surface area contributed by atoms with Gasteiger partial charge in [-0.25, -0.2) is 0 Å². The Hall–Kier alpha value is -1.78. The van der Waals surface area contributed by atoms with Crippen LogP contribution in [0.1, 0.15) is 29.5 Å². The maximum atomic E-state index is 11.0. The molecular weight excluding hydrogens is 337 g/mol. The lowest BCUT2D eigenvalue weighted by atomic mass is 9.91. The van der Waals surface area contributed by atoms with E-state index in [0.717, 1.165) is 47.6 Å². The van der Waals surface area contributed by atoms with Crippen LogP contribution in [0.25, 0.3) is 0 Å². The molecule has 0 saturated heterocycles. The fourth-order valence-corrected chi connectivity index (χ4v) is 3.39. The number of hydrogen-bond donors (Lipinski definition) is 0. The number of benzene rings is 2. The van der Waals surface area contributed by atoms with Gasteiger partial charge in [-0.3, -0.25) is 10.1 Å². The van der Waals surface area contributed by atoms with Crippen molar-refractivity contribution in [3.05, 3.63) is 61.1 Å². The van der Waals surface area contributed by atoms with E-state index in [9.17, 15) is 10.1 Å². The average Bonchev–Trinajstić information content (AvgIpc) is 2.53. The quantitative estimate of drug-likeness (QED) is 0.512. The van der Waals surface area contributed by atoms with Crippen LogP contribution in [0.3, 0.4) is 0 Å². The molecule has 120 valence electrons. The summed E-state index contributed by atoms with van der Waals surface area (Å²) in [5, 5.41) is 12.0. The molecule has 4 nitrogen and oxygen atoms in total. The maximum absolute atomic E-state index is 11.0. The van der Waals surface area contributed by atoms with Crippen LogP contribution in [0.5, 0.6) is 11.5 Å². The summed E-state index contributed by atoms with van der Waals surface area (Å²) in [4.78, 5) is 10.5. The zero-order chi connectivity index (χ0) is 16.6. The van der Waals surface area contributed by atoms with Crippen molar-refractivity contribution in [3.63, 3.8) is 0 Å². The second-order valence-electron chi connectivity index (χ2n) is 5.64. The van der Waals surface area contributed by atoms with Gasteiger partial charge in [0.2, 0.25) is 0 Å². The Morgan fingerprint density at radius 1 is 1.04 bits per heavy atom. The molecule has 2 aromatic rings. The van der Waals surface area contributed by atoms with E-state index in [4.69, 9.17) is 27.9 Å². The summed E-state index contributed by atoms with van der Waals surface area (Å²) in [5.74, 6) is 1.14. The Morgan fingerprint density at radius 3 is 2.43 bits per heavy atom. The van der Waals surface area contributed by atoms with Crippen LogP contribution in [-0.2, 0) is 12.8 Å². The number of rotatable bonds is 3. The number of nitro benzene ring substituents is 1. The van der Waals surface area contributed by atoms with E-state index in [1.165, 1.54) is 6.07 Å². The molecule has 0 amide bonds. The van der Waals surface area contributed by atoms with Gasteiger partial charge < -0.3 is 4.74 Å². The van der Waals surface area contributed by atoms with E-state index in [1.54, 1.807) is 13.0 Å². The van der Waals surface area contributed by atoms with Crippen LogP contribution in [-0.4, -0.2) is 4.92 Å². The summed E-state index contributed by atoms with van der Waals surface area (Å²) in [6.45, 7) is 1.67. The largest absolute Gasteiger partial charge is 0.455 e. The van der Waals surface area contributed by atoms with Crippen LogP contribution in [0.15, 0.2) is 24.3 Å². The summed E-state index contributed by atoms with van der Waals surface area (Å²) in [6, 6.07) is 6.59. The van der Waals surface area contributed by atoms with Crippen LogP contribution in [0.4, 0.5) is 5.69 Å². The Bertz CT molecular complexity index is 790. The maximum Gasteiger partial charge on any atom is 0.274 e. The molecule has 0 radical (unpaired) electrons. The van der Waals surface area contributed by atoms with Gasteiger partial charge in [-0.15, -0.1) is 0 Å². The van der Waals surface area contributed by atoms with Crippen molar-refractivity contribution < 1.29 is 9.66 Å². The van der Waals surface area contributed by atoms with E-state index >= 15 is 0 Å². The van der Waals surface area contributed by atoms with E-state index in [2.05, 4.69) is 0 Å². The second kappa shape index (κ2) is 6.38. The van der Waals surface area contributed by atoms with Crippen molar-refractivity contribution in [1.82, 2.24) is 0 Å². The Balaban J connectivity index is 2.00. The van der Waals surface area contributed by atoms with Gasteiger partial charge in [0.1, 0.15) is 11.5 Å². The van der Waals surface area contributed by atoms with Crippen LogP contribution in [0.2, 0.25) is 10.0 Å². The predicted octanol–water partition coefficient (Wildman–Crippen LogP) is 5.88. The molecule has 0 bridgehead atoms. The highest BCUT2D eigenvalue weighted by molar-refractivity contribution is 6.32. The summed E-state index contributed by atoms with van der Waals surface area (Å²) in [6.07, 6.45) is 4.07. The normalized spacial score (nSPS) is 13.5. The molecule has 0 heterocycles. The SMILES string of the molecule is Cc1cc(Oc2ccc(Cl)c3c2CCCC3)c(Cl)cc1[N+](=O)[O-]. The van der Waals surface area contributed by atoms with E-state index in [-0.39, 0.29) is 10.7 Å². The molecule has 6 heteroatoms. The van der Waals surface area contributed by atoms with Crippen molar-refractivity contribution >= 4 is 28.9 Å². The summed E-state index contributed by atoms with van der Waals surface area (Å²) >= 11 is 12.4. The van der Waals surface area contributed by atoms with Crippen molar-refractivity contribution in [2.24, 2.45) is 0 Å². The minimum Gasteiger partial charge on any atom is -0.455 e. The second-order valence-corrected chi connectivity index (χ2v) is 6.45. The van der Waals surface area contributed by atoms with Crippen molar-refractivity contribution in [1.29, 1.82) is 0 Å². The number of fused-ring (bicyclic) bond motifs is 1. The lowest BCUT2D eigenvalue weighted by Gasteiger charge is -2.21. The summed E-state index contributed by atoms with van der Waals surface area (Å²) in [5.41, 5.74) is 2.73. The van der Waals surface area contributed by atoms with Crippen LogP contribution in [0, 0.1) is 17.0 Å². The van der Waals surface area contributed by atoms with Crippen molar-refractivity contribution in [2.45, 2.75) is 32.6 Å². The molecular formula is C17H15Cl2NO3. The highest BCUT2D eigenvalue weighted by Crippen LogP contribution is 2.40. The first-order valence-electron chi connectivity index (χ1n) is 7.40. The first-order valence-corrected chi connectivity index (χ1v) is 8.15. The molecule has 2 aromatic carbocycles. The third kappa shape index (κ3) is 3.14. The zero-order valence-electron chi connectivity index (χ0n) is 12.6. The van der Waals surface area contributed by atoms with Crippen LogP contribution < -0.4 is 4.74 Å². The highest BCUT2D eigenvalue weighted by Gasteiger charge is 2.20. The lowest BCUT2D eigenvalue weighted by molar-refractivity contribution is -0.385. The fourth-order valence-electron chi connectivity index (χ4n) is 2.92. The van der Waals surface area contributed by atoms with Gasteiger partial charge in [-0.05, 0) is 61.9 Å². The first-order chi connectivity index (χ1) is 11.0. The Labute approximate surface area is 144 Å². The third-order valence-electron chi connectivity index (χ3n) is 4.10. The van der Waals surface area contributed by atoms with Gasteiger partial charge in [0.15, 0.2) is 0 Å². The fraction of sp³-hybridized carbons (Fsp3) is 0.294. The average molecular weight is 352 g/mol. The topological polar surface area (TPSA) is 52.4 Å². The van der Waals surface area contributed by atoms with E-state index in [0.29, 0.717) is 11.3 Å². The number of nitrogens with zero attached hydrogens (tertiary/aromatic N) is 1. The number of ether oxygens (including phenoxy) is 1. The standard InChI is InChI=1S/C17H15Cl2NO3/c1-10-8-17(14(19)9-15(10)20(21)22)23-16-7-6-13(18)11-4-2-3-5-12(11)16/h6-9H,2-5H2,1H3. The third-order valence-corrected chi connectivity index (χ3v) is 4.75. The summed E-state index contributed by atoms with van der Waals surface area (Å²) in [7, 11) is 0. The van der Waals surface area contributed by atoms with Crippen LogP contribution >= 0.6 is 23.2 Å². The molecule has 23 heavy (non-hydrogen) atoms. The predicted molar refractivity (Wildman–Crippen MR) is 91.0 cm³/mol. The monoisotopic (exact) mass is 351 g/mol. The molecule has 0 aliphatic heterocycles. The van der Waals surface area contributed by atoms with Gasteiger partial charge >= 0.3 is 0 Å². The molecule has 1 aliphatic carbocycles. The molecule has 0 spiro atoms. The molecule has 0 atom stereocenters. The number of aryl methyl sites for hydroxylation is 1. The minimum absolute atomic E-state index is 0.0134. The number of hydrogen-bond acceptors (Lipinski definition) is 3. The first kappa shape index (κ1) is 16.1. The molecule has 0 unspecified atom stereocenters. The van der Waals surface area contributed by atoms with Crippen molar-refractivity contribution in [3.8, 4) is 11.5 Å². The van der Waals surface area contributed by atoms with Gasteiger partial charge in [-0.1, -0.05) is 23.2 Å². The molecule has 0 saturated carbocycles. The Morgan fingerprint density at radius 2 is 1.74 bits per heavy atom. The van der Waals surface area contributed by atoms with E-state index in [1.807, 2.05) is 12.1 Å². The molecule has 0 aromatic heterocycles. The minimum atomic E-state index is -0.449.